The van der Waals surface area contributed by atoms with E-state index in [1.807, 2.05) is 25.1 Å². The summed E-state index contributed by atoms with van der Waals surface area (Å²) in [7, 11) is 1.61. The average molecular weight is 428 g/mol. The van der Waals surface area contributed by atoms with Crippen LogP contribution in [0.1, 0.15) is 50.7 Å². The summed E-state index contributed by atoms with van der Waals surface area (Å²) in [6.07, 6.45) is 1.53. The Balaban J connectivity index is 1.58. The Morgan fingerprint density at radius 3 is 2.97 bits per heavy atom. The van der Waals surface area contributed by atoms with Gasteiger partial charge < -0.3 is 19.5 Å². The van der Waals surface area contributed by atoms with Crippen LogP contribution in [0.4, 0.5) is 0 Å². The Labute approximate surface area is 179 Å². The Morgan fingerprint density at radius 2 is 2.20 bits per heavy atom. The molecule has 3 heterocycles. The number of carbonyl (C=O) groups excluding carboxylic acids is 2. The standard InChI is InChI=1S/C22H25N3O4S/c1-3-15-12-17(29-24-15)22(27)25-10-8-14(13-25)19-16-6-4-5-7-18(16)30-20(19)21(26)23-9-11-28-2/h4-7,12,14H,3,8-11,13H2,1-2H3,(H,23,26). The van der Waals surface area contributed by atoms with Crippen LogP contribution in [-0.2, 0) is 11.2 Å². The topological polar surface area (TPSA) is 84.7 Å². The van der Waals surface area contributed by atoms with Crippen molar-refractivity contribution in [3.05, 3.63) is 52.2 Å². The van der Waals surface area contributed by atoms with Crippen LogP contribution in [0.2, 0.25) is 0 Å². The van der Waals surface area contributed by atoms with Gasteiger partial charge >= 0.3 is 0 Å². The number of likely N-dealkylation sites (tertiary alicyclic amines) is 1. The van der Waals surface area contributed by atoms with Crippen molar-refractivity contribution >= 4 is 33.2 Å². The van der Waals surface area contributed by atoms with Crippen LogP contribution in [0.25, 0.3) is 10.1 Å². The summed E-state index contributed by atoms with van der Waals surface area (Å²) in [5, 5.41) is 7.95. The predicted octanol–water partition coefficient (Wildman–Crippen LogP) is 3.46. The molecule has 0 saturated carbocycles. The maximum atomic E-state index is 12.9. The van der Waals surface area contributed by atoms with E-state index in [1.165, 1.54) is 11.3 Å². The predicted molar refractivity (Wildman–Crippen MR) is 115 cm³/mol. The number of amides is 2. The van der Waals surface area contributed by atoms with Crippen LogP contribution < -0.4 is 5.32 Å². The molecular formula is C22H25N3O4S. The fourth-order valence-corrected chi connectivity index (χ4v) is 5.11. The van der Waals surface area contributed by atoms with Gasteiger partial charge in [-0.05, 0) is 29.9 Å². The molecule has 1 fully saturated rings. The van der Waals surface area contributed by atoms with Gasteiger partial charge in [-0.2, -0.15) is 0 Å². The van der Waals surface area contributed by atoms with Gasteiger partial charge in [-0.15, -0.1) is 11.3 Å². The number of ether oxygens (including phenoxy) is 1. The largest absolute Gasteiger partial charge is 0.383 e. The molecule has 2 aromatic heterocycles. The summed E-state index contributed by atoms with van der Waals surface area (Å²) in [6.45, 7) is 4.08. The van der Waals surface area contributed by atoms with Gasteiger partial charge in [-0.3, -0.25) is 9.59 Å². The number of fused-ring (bicyclic) bond motifs is 1. The number of aromatic nitrogens is 1. The van der Waals surface area contributed by atoms with E-state index in [0.29, 0.717) is 26.2 Å². The van der Waals surface area contributed by atoms with Crippen molar-refractivity contribution in [3.63, 3.8) is 0 Å². The van der Waals surface area contributed by atoms with Gasteiger partial charge in [0.2, 0.25) is 5.76 Å². The highest BCUT2D eigenvalue weighted by atomic mass is 32.1. The van der Waals surface area contributed by atoms with Crippen molar-refractivity contribution < 1.29 is 18.8 Å². The lowest BCUT2D eigenvalue weighted by atomic mass is 9.95. The number of benzene rings is 1. The summed E-state index contributed by atoms with van der Waals surface area (Å²) >= 11 is 1.50. The molecule has 0 radical (unpaired) electrons. The number of rotatable bonds is 7. The van der Waals surface area contributed by atoms with Crippen molar-refractivity contribution in [2.24, 2.45) is 0 Å². The molecule has 8 heteroatoms. The van der Waals surface area contributed by atoms with E-state index in [1.54, 1.807) is 18.1 Å². The minimum Gasteiger partial charge on any atom is -0.383 e. The van der Waals surface area contributed by atoms with E-state index in [4.69, 9.17) is 9.26 Å². The summed E-state index contributed by atoms with van der Waals surface area (Å²) in [4.78, 5) is 28.2. The third-order valence-electron chi connectivity index (χ3n) is 5.45. The molecule has 0 spiro atoms. The minimum atomic E-state index is -0.143. The molecule has 1 unspecified atom stereocenters. The lowest BCUT2D eigenvalue weighted by Crippen LogP contribution is -2.29. The number of hydrogen-bond acceptors (Lipinski definition) is 6. The molecular weight excluding hydrogens is 402 g/mol. The number of nitrogens with zero attached hydrogens (tertiary/aromatic N) is 2. The number of methoxy groups -OCH3 is 1. The number of hydrogen-bond donors (Lipinski definition) is 1. The number of aryl methyl sites for hydroxylation is 1. The maximum absolute atomic E-state index is 12.9. The van der Waals surface area contributed by atoms with Gasteiger partial charge in [0.05, 0.1) is 17.2 Å². The van der Waals surface area contributed by atoms with E-state index in [2.05, 4.69) is 16.5 Å². The maximum Gasteiger partial charge on any atom is 0.292 e. The van der Waals surface area contributed by atoms with Gasteiger partial charge in [-0.1, -0.05) is 30.3 Å². The van der Waals surface area contributed by atoms with E-state index >= 15 is 0 Å². The van der Waals surface area contributed by atoms with Crippen molar-refractivity contribution in [1.29, 1.82) is 0 Å². The van der Waals surface area contributed by atoms with Crippen LogP contribution >= 0.6 is 11.3 Å². The van der Waals surface area contributed by atoms with Crippen molar-refractivity contribution in [3.8, 4) is 0 Å². The van der Waals surface area contributed by atoms with Crippen LogP contribution in [0.3, 0.4) is 0 Å². The molecule has 1 aromatic carbocycles. The fraction of sp³-hybridized carbons (Fsp3) is 0.409. The molecule has 1 aliphatic heterocycles. The highest BCUT2D eigenvalue weighted by Crippen LogP contribution is 2.40. The van der Waals surface area contributed by atoms with Crippen molar-refractivity contribution in [1.82, 2.24) is 15.4 Å². The minimum absolute atomic E-state index is 0.0872. The molecule has 2 amide bonds. The van der Waals surface area contributed by atoms with E-state index in [-0.39, 0.29) is 23.5 Å². The molecule has 0 bridgehead atoms. The molecule has 1 N–H and O–H groups in total. The average Bonchev–Trinajstić information content (AvgIpc) is 3.50. The Morgan fingerprint density at radius 1 is 1.37 bits per heavy atom. The van der Waals surface area contributed by atoms with E-state index in [9.17, 15) is 9.59 Å². The van der Waals surface area contributed by atoms with Crippen molar-refractivity contribution in [2.45, 2.75) is 25.7 Å². The summed E-state index contributed by atoms with van der Waals surface area (Å²) in [5.41, 5.74) is 1.81. The molecule has 158 valence electrons. The van der Waals surface area contributed by atoms with Gasteiger partial charge in [-0.25, -0.2) is 0 Å². The quantitative estimate of drug-likeness (QED) is 0.584. The van der Waals surface area contributed by atoms with Crippen LogP contribution in [0.15, 0.2) is 34.9 Å². The monoisotopic (exact) mass is 427 g/mol. The molecule has 7 nitrogen and oxygen atoms in total. The lowest BCUT2D eigenvalue weighted by molar-refractivity contribution is 0.0749. The zero-order valence-corrected chi connectivity index (χ0v) is 18.0. The van der Waals surface area contributed by atoms with Crippen LogP contribution in [0, 0.1) is 0 Å². The van der Waals surface area contributed by atoms with Crippen LogP contribution in [0.5, 0.6) is 0 Å². The Hall–Kier alpha value is -2.71. The third-order valence-corrected chi connectivity index (χ3v) is 6.63. The second kappa shape index (κ2) is 8.97. The molecule has 1 aliphatic rings. The molecule has 3 aromatic rings. The molecule has 4 rings (SSSR count). The first-order valence-electron chi connectivity index (χ1n) is 10.2. The van der Waals surface area contributed by atoms with E-state index in [0.717, 1.165) is 39.1 Å². The number of thiophene rings is 1. The first-order chi connectivity index (χ1) is 14.6. The first-order valence-corrected chi connectivity index (χ1v) is 11.0. The molecule has 1 atom stereocenters. The highest BCUT2D eigenvalue weighted by Gasteiger charge is 2.34. The molecule has 0 aliphatic carbocycles. The Kier molecular flexibility index (Phi) is 6.15. The van der Waals surface area contributed by atoms with Crippen molar-refractivity contribution in [2.75, 3.05) is 33.4 Å². The van der Waals surface area contributed by atoms with E-state index < -0.39 is 0 Å². The zero-order valence-electron chi connectivity index (χ0n) is 17.1. The summed E-state index contributed by atoms with van der Waals surface area (Å²) in [6, 6.07) is 9.78. The van der Waals surface area contributed by atoms with Gasteiger partial charge in [0.15, 0.2) is 0 Å². The lowest BCUT2D eigenvalue weighted by Gasteiger charge is -2.16. The van der Waals surface area contributed by atoms with Gasteiger partial charge in [0.1, 0.15) is 0 Å². The zero-order chi connectivity index (χ0) is 21.1. The number of nitrogens with one attached hydrogen (secondary N) is 1. The summed E-state index contributed by atoms with van der Waals surface area (Å²) < 4.78 is 11.3. The van der Waals surface area contributed by atoms with Gasteiger partial charge in [0.25, 0.3) is 11.8 Å². The second-order valence-corrected chi connectivity index (χ2v) is 8.41. The number of carbonyl (C=O) groups is 2. The van der Waals surface area contributed by atoms with Crippen LogP contribution in [-0.4, -0.2) is 55.2 Å². The molecule has 30 heavy (non-hydrogen) atoms. The second-order valence-electron chi connectivity index (χ2n) is 7.36. The SMILES string of the molecule is CCc1cc(C(=O)N2CCC(c3c(C(=O)NCCOC)sc4ccccc34)C2)on1. The van der Waals surface area contributed by atoms with Gasteiger partial charge in [0, 0.05) is 43.4 Å². The first kappa shape index (κ1) is 20.6. The highest BCUT2D eigenvalue weighted by molar-refractivity contribution is 7.21. The molecule has 1 saturated heterocycles. The fourth-order valence-electron chi connectivity index (χ4n) is 3.90. The summed E-state index contributed by atoms with van der Waals surface area (Å²) in [5.74, 6) is 0.147. The normalized spacial score (nSPS) is 16.3. The smallest absolute Gasteiger partial charge is 0.292 e. The third kappa shape index (κ3) is 3.97. The Bertz CT molecular complexity index is 1060.